The van der Waals surface area contributed by atoms with Crippen LogP contribution in [0.4, 0.5) is 17.1 Å². The average Bonchev–Trinajstić information content (AvgIpc) is 2.79. The molecule has 0 atom stereocenters. The number of hydrogen-bond acceptors (Lipinski definition) is 8. The quantitative estimate of drug-likeness (QED) is 0.362. The first kappa shape index (κ1) is 13.3. The van der Waals surface area contributed by atoms with Crippen LogP contribution in [-0.4, -0.2) is 22.9 Å². The van der Waals surface area contributed by atoms with Crippen LogP contribution in [0.2, 0.25) is 0 Å². The Balaban J connectivity index is 2.43. The molecule has 0 amide bonds. The van der Waals surface area contributed by atoms with E-state index >= 15 is 0 Å². The van der Waals surface area contributed by atoms with Crippen LogP contribution in [0.1, 0.15) is 0 Å². The van der Waals surface area contributed by atoms with Gasteiger partial charge < -0.3 is 15.4 Å². The van der Waals surface area contributed by atoms with E-state index in [9.17, 15) is 25.0 Å². The number of carbonyl (C=O) groups is 1. The molecule has 0 saturated carbocycles. The number of non-ortho nitro benzene ring substituents is 1. The number of anilines is 2. The summed E-state index contributed by atoms with van der Waals surface area (Å²) in [5.74, 6) is -1.33. The number of esters is 1. The molecule has 0 radical (unpaired) electrons. The number of carbonyl (C=O) groups excluding carboxylic acids is 1. The summed E-state index contributed by atoms with van der Waals surface area (Å²) in [5.41, 5.74) is -0.349. The van der Waals surface area contributed by atoms with E-state index in [2.05, 4.69) is 15.4 Å². The Morgan fingerprint density at radius 2 is 1.85 bits per heavy atom. The molecule has 1 aromatic rings. The minimum atomic E-state index is -1.13. The van der Waals surface area contributed by atoms with E-state index < -0.39 is 21.5 Å². The molecule has 1 aromatic carbocycles. The lowest BCUT2D eigenvalue weighted by Gasteiger charge is -2.01. The molecule has 1 aliphatic rings. The minimum absolute atomic E-state index is 0.181. The number of nitrogens with zero attached hydrogens (tertiary/aromatic N) is 2. The second kappa shape index (κ2) is 4.84. The first-order valence-electron chi connectivity index (χ1n) is 5.23. The number of ether oxygens (including phenoxy) is 1. The molecule has 0 fully saturated rings. The Hall–Kier alpha value is -3.17. The molecule has 104 valence electrons. The zero-order valence-electron chi connectivity index (χ0n) is 10.1. The van der Waals surface area contributed by atoms with E-state index in [1.54, 1.807) is 0 Å². The van der Waals surface area contributed by atoms with Crippen LogP contribution in [0.25, 0.3) is 0 Å². The van der Waals surface area contributed by atoms with Gasteiger partial charge in [0.15, 0.2) is 5.82 Å². The molecule has 2 rings (SSSR count). The van der Waals surface area contributed by atoms with Crippen LogP contribution >= 0.6 is 0 Å². The summed E-state index contributed by atoms with van der Waals surface area (Å²) in [5, 5.41) is 26.7. The number of benzene rings is 1. The third kappa shape index (κ3) is 2.21. The standard InChI is InChI=1S/C10H8N4O6/c1-20-10(15)8(14(18)19)9-11-6-3-2-5(13(16)17)4-7(6)12-9/h2-4,11-12H,1H3/b9-8-. The molecule has 1 heterocycles. The van der Waals surface area contributed by atoms with Crippen molar-refractivity contribution < 1.29 is 19.4 Å². The monoisotopic (exact) mass is 280 g/mol. The number of nitro groups is 2. The van der Waals surface area contributed by atoms with Crippen molar-refractivity contribution >= 4 is 23.0 Å². The van der Waals surface area contributed by atoms with Crippen LogP contribution in [0.15, 0.2) is 29.7 Å². The lowest BCUT2D eigenvalue weighted by molar-refractivity contribution is -0.422. The number of methoxy groups -OCH3 is 1. The summed E-state index contributed by atoms with van der Waals surface area (Å²) in [6.07, 6.45) is 0. The molecular weight excluding hydrogens is 272 g/mol. The van der Waals surface area contributed by atoms with Gasteiger partial charge >= 0.3 is 11.7 Å². The van der Waals surface area contributed by atoms with Gasteiger partial charge in [-0.05, 0) is 6.07 Å². The van der Waals surface area contributed by atoms with E-state index in [4.69, 9.17) is 0 Å². The van der Waals surface area contributed by atoms with Crippen LogP contribution in [-0.2, 0) is 9.53 Å². The van der Waals surface area contributed by atoms with Gasteiger partial charge in [0.25, 0.3) is 5.69 Å². The molecule has 0 spiro atoms. The normalized spacial score (nSPS) is 14.7. The summed E-state index contributed by atoms with van der Waals surface area (Å²) < 4.78 is 4.32. The van der Waals surface area contributed by atoms with Crippen molar-refractivity contribution in [1.82, 2.24) is 0 Å². The van der Waals surface area contributed by atoms with Crippen molar-refractivity contribution in [1.29, 1.82) is 0 Å². The van der Waals surface area contributed by atoms with Gasteiger partial charge in [-0.15, -0.1) is 0 Å². The molecule has 0 saturated heterocycles. The highest BCUT2D eigenvalue weighted by Gasteiger charge is 2.33. The first-order valence-corrected chi connectivity index (χ1v) is 5.23. The summed E-state index contributed by atoms with van der Waals surface area (Å²) in [4.78, 5) is 31.4. The molecular formula is C10H8N4O6. The first-order chi connectivity index (χ1) is 9.43. The lowest BCUT2D eigenvalue weighted by atomic mass is 10.2. The number of nitrogens with one attached hydrogen (secondary N) is 2. The third-order valence-corrected chi connectivity index (χ3v) is 2.53. The Morgan fingerprint density at radius 1 is 1.20 bits per heavy atom. The van der Waals surface area contributed by atoms with Crippen molar-refractivity contribution in [3.8, 4) is 0 Å². The van der Waals surface area contributed by atoms with Gasteiger partial charge in [0.2, 0.25) is 0 Å². The summed E-state index contributed by atoms with van der Waals surface area (Å²) in [6, 6.07) is 3.81. The average molecular weight is 280 g/mol. The van der Waals surface area contributed by atoms with E-state index in [0.29, 0.717) is 5.69 Å². The molecule has 10 nitrogen and oxygen atoms in total. The predicted octanol–water partition coefficient (Wildman–Crippen LogP) is 1.05. The number of rotatable bonds is 3. The number of hydrogen-bond donors (Lipinski definition) is 2. The van der Waals surface area contributed by atoms with Gasteiger partial charge in [-0.25, -0.2) is 4.79 Å². The third-order valence-electron chi connectivity index (χ3n) is 2.53. The summed E-state index contributed by atoms with van der Waals surface area (Å²) >= 11 is 0. The summed E-state index contributed by atoms with van der Waals surface area (Å²) in [7, 11) is 1.01. The molecule has 20 heavy (non-hydrogen) atoms. The van der Waals surface area contributed by atoms with Gasteiger partial charge in [0, 0.05) is 12.1 Å². The van der Waals surface area contributed by atoms with Gasteiger partial charge in [-0.1, -0.05) is 0 Å². The van der Waals surface area contributed by atoms with Crippen LogP contribution in [0.5, 0.6) is 0 Å². The van der Waals surface area contributed by atoms with Gasteiger partial charge in [-0.3, -0.25) is 20.2 Å². The van der Waals surface area contributed by atoms with Crippen molar-refractivity contribution in [3.05, 3.63) is 49.9 Å². The Morgan fingerprint density at radius 3 is 2.40 bits per heavy atom. The molecule has 10 heteroatoms. The zero-order chi connectivity index (χ0) is 14.9. The van der Waals surface area contributed by atoms with Crippen LogP contribution < -0.4 is 10.6 Å². The van der Waals surface area contributed by atoms with E-state index in [-0.39, 0.29) is 17.2 Å². The molecule has 0 bridgehead atoms. The minimum Gasteiger partial charge on any atom is -0.461 e. The lowest BCUT2D eigenvalue weighted by Crippen LogP contribution is -2.20. The van der Waals surface area contributed by atoms with Crippen LogP contribution in [0.3, 0.4) is 0 Å². The topological polar surface area (TPSA) is 137 Å². The fraction of sp³-hybridized carbons (Fsp3) is 0.100. The molecule has 2 N–H and O–H groups in total. The fourth-order valence-corrected chi connectivity index (χ4v) is 1.64. The summed E-state index contributed by atoms with van der Waals surface area (Å²) in [6.45, 7) is 0. The van der Waals surface area contributed by atoms with Gasteiger partial charge in [0.05, 0.1) is 28.3 Å². The maximum absolute atomic E-state index is 11.4. The van der Waals surface area contributed by atoms with Crippen LogP contribution in [0, 0.1) is 20.2 Å². The van der Waals surface area contributed by atoms with Gasteiger partial charge in [-0.2, -0.15) is 0 Å². The number of nitro benzene ring substituents is 1. The largest absolute Gasteiger partial charge is 0.461 e. The molecule has 0 aromatic heterocycles. The second-order valence-electron chi connectivity index (χ2n) is 3.71. The molecule has 1 aliphatic heterocycles. The molecule has 0 unspecified atom stereocenters. The molecule has 0 aliphatic carbocycles. The maximum Gasteiger partial charge on any atom is 0.413 e. The van der Waals surface area contributed by atoms with Gasteiger partial charge in [0.1, 0.15) is 0 Å². The Labute approximate surface area is 111 Å². The smallest absolute Gasteiger partial charge is 0.413 e. The Kier molecular flexibility index (Phi) is 3.21. The highest BCUT2D eigenvalue weighted by molar-refractivity contribution is 5.91. The van der Waals surface area contributed by atoms with Crippen molar-refractivity contribution in [2.45, 2.75) is 0 Å². The highest BCUT2D eigenvalue weighted by atomic mass is 16.6. The van der Waals surface area contributed by atoms with E-state index in [1.165, 1.54) is 18.2 Å². The zero-order valence-corrected chi connectivity index (χ0v) is 10.1. The van der Waals surface area contributed by atoms with Crippen molar-refractivity contribution in [2.75, 3.05) is 17.7 Å². The predicted molar refractivity (Wildman–Crippen MR) is 66.4 cm³/mol. The fourth-order valence-electron chi connectivity index (χ4n) is 1.64. The number of fused-ring (bicyclic) bond motifs is 1. The maximum atomic E-state index is 11.4. The van der Waals surface area contributed by atoms with E-state index in [0.717, 1.165) is 7.11 Å². The van der Waals surface area contributed by atoms with Crippen molar-refractivity contribution in [2.24, 2.45) is 0 Å². The van der Waals surface area contributed by atoms with E-state index in [1.807, 2.05) is 0 Å². The SMILES string of the molecule is COC(=O)/C(=C1\Nc2ccc([N+](=O)[O-])cc2N1)[N+](=O)[O-]. The van der Waals surface area contributed by atoms with Crippen molar-refractivity contribution in [3.63, 3.8) is 0 Å². The highest BCUT2D eigenvalue weighted by Crippen LogP contribution is 2.34. The Bertz CT molecular complexity index is 653. The second-order valence-corrected chi connectivity index (χ2v) is 3.71.